The number of aryl methyl sites for hydroxylation is 1. The zero-order valence-corrected chi connectivity index (χ0v) is 16.9. The molecule has 1 aliphatic rings. The molecule has 3 heterocycles. The molecule has 0 unspecified atom stereocenters. The maximum atomic E-state index is 14.8. The highest BCUT2D eigenvalue weighted by Gasteiger charge is 2.32. The van der Waals surface area contributed by atoms with E-state index in [9.17, 15) is 14.0 Å². The minimum Gasteiger partial charge on any atom is -0.444 e. The number of nitrogens with one attached hydrogen (secondary N) is 1. The van der Waals surface area contributed by atoms with Crippen LogP contribution in [0.15, 0.2) is 36.5 Å². The van der Waals surface area contributed by atoms with Crippen molar-refractivity contribution < 1.29 is 18.7 Å². The average molecular weight is 425 g/mol. The van der Waals surface area contributed by atoms with Gasteiger partial charge in [0.2, 0.25) is 0 Å². The third kappa shape index (κ3) is 4.65. The highest BCUT2D eigenvalue weighted by Crippen LogP contribution is 2.30. The van der Waals surface area contributed by atoms with Gasteiger partial charge in [0.1, 0.15) is 23.5 Å². The molecule has 0 bridgehead atoms. The van der Waals surface area contributed by atoms with Gasteiger partial charge in [0.15, 0.2) is 0 Å². The van der Waals surface area contributed by atoms with Crippen LogP contribution in [-0.4, -0.2) is 49.7 Å². The van der Waals surface area contributed by atoms with Crippen LogP contribution >= 0.6 is 0 Å². The summed E-state index contributed by atoms with van der Waals surface area (Å²) in [7, 11) is 1.65. The number of rotatable bonds is 7. The molecule has 2 aromatic heterocycles. The molecule has 0 saturated carbocycles. The fourth-order valence-electron chi connectivity index (χ4n) is 3.23. The molecule has 1 atom stereocenters. The number of carbonyl (C=O) groups is 2. The van der Waals surface area contributed by atoms with Crippen molar-refractivity contribution in [3.8, 4) is 11.1 Å². The Labute approximate surface area is 177 Å². The van der Waals surface area contributed by atoms with Crippen molar-refractivity contribution in [1.29, 1.82) is 0 Å². The molecule has 10 nitrogen and oxygen atoms in total. The second kappa shape index (κ2) is 8.46. The number of Topliss-reactive ketones (excluding diaryl/α,β-unsaturated/α-hetero) is 1. The first-order valence-corrected chi connectivity index (χ1v) is 9.63. The number of benzene rings is 1. The van der Waals surface area contributed by atoms with Gasteiger partial charge < -0.3 is 14.8 Å². The van der Waals surface area contributed by atoms with Crippen molar-refractivity contribution in [1.82, 2.24) is 25.2 Å². The minimum atomic E-state index is -0.546. The second-order valence-corrected chi connectivity index (χ2v) is 7.18. The Bertz CT molecular complexity index is 1120. The molecule has 1 amide bonds. The van der Waals surface area contributed by atoms with E-state index in [1.54, 1.807) is 31.3 Å². The smallest absolute Gasteiger partial charge is 0.414 e. The summed E-state index contributed by atoms with van der Waals surface area (Å²) in [6.07, 6.45) is 1.39. The van der Waals surface area contributed by atoms with E-state index in [0.29, 0.717) is 41.4 Å². The van der Waals surface area contributed by atoms with Crippen LogP contribution in [0.25, 0.3) is 11.1 Å². The van der Waals surface area contributed by atoms with Gasteiger partial charge in [-0.2, -0.15) is 4.80 Å². The van der Waals surface area contributed by atoms with Gasteiger partial charge in [-0.25, -0.2) is 14.2 Å². The lowest BCUT2D eigenvalue weighted by Crippen LogP contribution is -2.24. The Morgan fingerprint density at radius 1 is 1.32 bits per heavy atom. The van der Waals surface area contributed by atoms with Gasteiger partial charge in [-0.05, 0) is 48.9 Å². The molecule has 31 heavy (non-hydrogen) atoms. The Morgan fingerprint density at radius 2 is 2.16 bits per heavy atom. The Kier molecular flexibility index (Phi) is 5.56. The largest absolute Gasteiger partial charge is 0.444 e. The van der Waals surface area contributed by atoms with Crippen molar-refractivity contribution in [2.75, 3.05) is 16.8 Å². The third-order valence-electron chi connectivity index (χ3n) is 4.78. The van der Waals surface area contributed by atoms with E-state index in [1.807, 2.05) is 0 Å². The number of carbonyl (C=O) groups excluding carboxylic acids is 2. The molecule has 11 heteroatoms. The monoisotopic (exact) mass is 425 g/mol. The number of ketones is 1. The number of aromatic nitrogens is 5. The molecular formula is C20H20FN7O3. The number of halogens is 1. The van der Waals surface area contributed by atoms with Crippen LogP contribution in [0.5, 0.6) is 0 Å². The van der Waals surface area contributed by atoms with Gasteiger partial charge in [-0.1, -0.05) is 5.10 Å². The fourth-order valence-corrected chi connectivity index (χ4v) is 3.23. The van der Waals surface area contributed by atoms with Crippen LogP contribution in [-0.2, 0) is 16.6 Å². The number of amides is 1. The summed E-state index contributed by atoms with van der Waals surface area (Å²) in [5, 5.41) is 14.4. The number of hydrogen-bond acceptors (Lipinski definition) is 8. The zero-order chi connectivity index (χ0) is 22.0. The molecule has 0 aliphatic carbocycles. The van der Waals surface area contributed by atoms with Gasteiger partial charge in [-0.15, -0.1) is 5.10 Å². The van der Waals surface area contributed by atoms with E-state index in [4.69, 9.17) is 4.74 Å². The molecule has 1 fully saturated rings. The number of ether oxygens (including phenoxy) is 1. The number of hydrogen-bond donors (Lipinski definition) is 1. The Hall–Kier alpha value is -3.89. The quantitative estimate of drug-likeness (QED) is 0.614. The molecule has 0 radical (unpaired) electrons. The van der Waals surface area contributed by atoms with Gasteiger partial charge in [0.05, 0.1) is 19.3 Å². The minimum absolute atomic E-state index is 0.0349. The molecule has 4 rings (SSSR count). The SMILES string of the molecule is CC(=O)CC[C@H]1CN(c2ccc(-c3ccc(Nc4nnn(C)n4)nc3)c(F)c2)C(=O)O1. The molecule has 1 saturated heterocycles. The summed E-state index contributed by atoms with van der Waals surface area (Å²) >= 11 is 0. The molecule has 1 aliphatic heterocycles. The first kappa shape index (κ1) is 20.4. The molecule has 160 valence electrons. The van der Waals surface area contributed by atoms with Gasteiger partial charge in [-0.3, -0.25) is 4.90 Å². The second-order valence-electron chi connectivity index (χ2n) is 7.18. The van der Waals surface area contributed by atoms with Gasteiger partial charge in [0, 0.05) is 23.7 Å². The van der Waals surface area contributed by atoms with Crippen LogP contribution in [0.3, 0.4) is 0 Å². The van der Waals surface area contributed by atoms with Crippen LogP contribution in [0, 0.1) is 5.82 Å². The van der Waals surface area contributed by atoms with Crippen LogP contribution in [0.2, 0.25) is 0 Å². The van der Waals surface area contributed by atoms with Crippen LogP contribution < -0.4 is 10.2 Å². The number of tetrazole rings is 1. The number of nitrogens with zero attached hydrogens (tertiary/aromatic N) is 6. The van der Waals surface area contributed by atoms with Crippen molar-refractivity contribution in [3.63, 3.8) is 0 Å². The third-order valence-corrected chi connectivity index (χ3v) is 4.78. The lowest BCUT2D eigenvalue weighted by Gasteiger charge is -2.14. The van der Waals surface area contributed by atoms with E-state index in [0.717, 1.165) is 0 Å². The number of cyclic esters (lactones) is 1. The summed E-state index contributed by atoms with van der Waals surface area (Å²) in [6.45, 7) is 1.77. The fraction of sp³-hybridized carbons (Fsp3) is 0.300. The standard InChI is InChI=1S/C20H20FN7O3/c1-12(29)3-6-15-11-28(20(30)31-15)14-5-7-16(17(21)9-14)13-4-8-18(22-10-13)23-19-24-26-27(2)25-19/h4-5,7-10,15H,3,6,11H2,1-2H3,(H,22,23,25)/t15-/m0/s1. The van der Waals surface area contributed by atoms with Crippen LogP contribution in [0.1, 0.15) is 19.8 Å². The number of pyridine rings is 1. The first-order chi connectivity index (χ1) is 14.9. The topological polar surface area (TPSA) is 115 Å². The summed E-state index contributed by atoms with van der Waals surface area (Å²) in [5.74, 6) is 0.339. The highest BCUT2D eigenvalue weighted by molar-refractivity contribution is 5.90. The normalized spacial score (nSPS) is 15.8. The maximum Gasteiger partial charge on any atom is 0.414 e. The lowest BCUT2D eigenvalue weighted by atomic mass is 10.1. The summed E-state index contributed by atoms with van der Waals surface area (Å²) in [5.41, 5.74) is 1.32. The zero-order valence-electron chi connectivity index (χ0n) is 16.9. The van der Waals surface area contributed by atoms with Gasteiger partial charge in [0.25, 0.3) is 5.95 Å². The van der Waals surface area contributed by atoms with Crippen molar-refractivity contribution in [2.24, 2.45) is 7.05 Å². The molecule has 1 aromatic carbocycles. The molecule has 0 spiro atoms. The van der Waals surface area contributed by atoms with Crippen LogP contribution in [0.4, 0.5) is 26.6 Å². The summed E-state index contributed by atoms with van der Waals surface area (Å²) in [6, 6.07) is 7.93. The number of anilines is 3. The maximum absolute atomic E-state index is 14.8. The highest BCUT2D eigenvalue weighted by atomic mass is 19.1. The first-order valence-electron chi connectivity index (χ1n) is 9.63. The predicted molar refractivity (Wildman–Crippen MR) is 109 cm³/mol. The van der Waals surface area contributed by atoms with Crippen molar-refractivity contribution >= 4 is 29.3 Å². The van der Waals surface area contributed by atoms with E-state index >= 15 is 0 Å². The summed E-state index contributed by atoms with van der Waals surface area (Å²) in [4.78, 5) is 30.2. The van der Waals surface area contributed by atoms with Crippen molar-refractivity contribution in [2.45, 2.75) is 25.9 Å². The molecule has 3 aromatic rings. The molecular weight excluding hydrogens is 405 g/mol. The van der Waals surface area contributed by atoms with E-state index in [1.165, 1.54) is 28.9 Å². The average Bonchev–Trinajstić information content (AvgIpc) is 3.32. The van der Waals surface area contributed by atoms with Crippen molar-refractivity contribution in [3.05, 3.63) is 42.3 Å². The summed E-state index contributed by atoms with van der Waals surface area (Å²) < 4.78 is 20.1. The lowest BCUT2D eigenvalue weighted by molar-refractivity contribution is -0.117. The van der Waals surface area contributed by atoms with Gasteiger partial charge >= 0.3 is 6.09 Å². The Morgan fingerprint density at radius 3 is 2.81 bits per heavy atom. The molecule has 1 N–H and O–H groups in total. The Balaban J connectivity index is 1.46. The predicted octanol–water partition coefficient (Wildman–Crippen LogP) is 2.85. The van der Waals surface area contributed by atoms with E-state index in [-0.39, 0.29) is 18.4 Å². The van der Waals surface area contributed by atoms with E-state index < -0.39 is 11.9 Å². The van der Waals surface area contributed by atoms with E-state index in [2.05, 4.69) is 25.7 Å².